The molecule has 0 fully saturated rings. The van der Waals surface area contributed by atoms with Gasteiger partial charge < -0.3 is 14.7 Å². The average Bonchev–Trinajstić information content (AvgIpc) is 2.95. The van der Waals surface area contributed by atoms with Crippen molar-refractivity contribution in [2.75, 3.05) is 24.6 Å². The van der Waals surface area contributed by atoms with Gasteiger partial charge in [-0.05, 0) is 42.7 Å². The van der Waals surface area contributed by atoms with Gasteiger partial charge in [-0.25, -0.2) is 4.79 Å². The van der Waals surface area contributed by atoms with Crippen LogP contribution in [0.15, 0.2) is 48.5 Å². The molecule has 2 aromatic rings. The van der Waals surface area contributed by atoms with E-state index in [1.807, 2.05) is 0 Å². The summed E-state index contributed by atoms with van der Waals surface area (Å²) in [5.74, 6) is -0.319. The maximum Gasteiger partial charge on any atom is 0.335 e. The Bertz CT molecular complexity index is 669. The smallest absolute Gasteiger partial charge is 0.335 e. The highest BCUT2D eigenvalue weighted by atomic mass is 16.5. The van der Waals surface area contributed by atoms with Crippen molar-refractivity contribution in [3.63, 3.8) is 0 Å². The standard InChI is InChI=1S/C18H19NO3/c20-18(21)15-6-3-7-16(13-15)22-12-4-10-19-11-9-14-5-1-2-8-17(14)19/h1-3,5-8,13H,4,9-12H2,(H,20,21). The van der Waals surface area contributed by atoms with Crippen LogP contribution >= 0.6 is 0 Å². The van der Waals surface area contributed by atoms with Crippen molar-refractivity contribution in [2.24, 2.45) is 0 Å². The fourth-order valence-corrected chi connectivity index (χ4v) is 2.80. The summed E-state index contributed by atoms with van der Waals surface area (Å²) in [6, 6.07) is 15.1. The second-order valence-electron chi connectivity index (χ2n) is 5.40. The molecule has 0 unspecified atom stereocenters. The van der Waals surface area contributed by atoms with Crippen LogP contribution < -0.4 is 9.64 Å². The summed E-state index contributed by atoms with van der Waals surface area (Å²) < 4.78 is 5.65. The first-order chi connectivity index (χ1) is 10.7. The van der Waals surface area contributed by atoms with Crippen molar-refractivity contribution in [3.8, 4) is 5.75 Å². The van der Waals surface area contributed by atoms with E-state index in [1.165, 1.54) is 11.3 Å². The molecule has 4 heteroatoms. The Labute approximate surface area is 130 Å². The predicted molar refractivity (Wildman–Crippen MR) is 85.9 cm³/mol. The van der Waals surface area contributed by atoms with Crippen LogP contribution in [0.5, 0.6) is 5.75 Å². The molecule has 3 rings (SSSR count). The minimum atomic E-state index is -0.931. The number of aromatic carboxylic acids is 1. The molecule has 0 amide bonds. The molecule has 1 aliphatic heterocycles. The van der Waals surface area contributed by atoms with Gasteiger partial charge in [0.25, 0.3) is 0 Å². The molecule has 0 bridgehead atoms. The summed E-state index contributed by atoms with van der Waals surface area (Å²) in [5.41, 5.74) is 3.00. The van der Waals surface area contributed by atoms with Crippen LogP contribution in [0.3, 0.4) is 0 Å². The van der Waals surface area contributed by atoms with Crippen LogP contribution in [-0.4, -0.2) is 30.8 Å². The number of para-hydroxylation sites is 1. The van der Waals surface area contributed by atoms with Crippen molar-refractivity contribution in [3.05, 3.63) is 59.7 Å². The van der Waals surface area contributed by atoms with Crippen LogP contribution in [0.1, 0.15) is 22.3 Å². The zero-order valence-electron chi connectivity index (χ0n) is 12.4. The number of benzene rings is 2. The minimum absolute atomic E-state index is 0.256. The van der Waals surface area contributed by atoms with Crippen LogP contribution in [-0.2, 0) is 6.42 Å². The average molecular weight is 297 g/mol. The maximum absolute atomic E-state index is 10.9. The highest BCUT2D eigenvalue weighted by Gasteiger charge is 2.17. The number of carbonyl (C=O) groups is 1. The molecule has 0 aliphatic carbocycles. The van der Waals surface area contributed by atoms with E-state index < -0.39 is 5.97 Å². The van der Waals surface area contributed by atoms with Gasteiger partial charge >= 0.3 is 5.97 Å². The van der Waals surface area contributed by atoms with E-state index in [-0.39, 0.29) is 5.56 Å². The first-order valence-electron chi connectivity index (χ1n) is 7.53. The highest BCUT2D eigenvalue weighted by Crippen LogP contribution is 2.27. The number of rotatable bonds is 6. The molecule has 0 saturated heterocycles. The lowest BCUT2D eigenvalue weighted by Crippen LogP contribution is -2.23. The Morgan fingerprint density at radius 2 is 2.05 bits per heavy atom. The van der Waals surface area contributed by atoms with Gasteiger partial charge in [0, 0.05) is 18.8 Å². The molecule has 4 nitrogen and oxygen atoms in total. The van der Waals surface area contributed by atoms with Crippen molar-refractivity contribution in [1.29, 1.82) is 0 Å². The summed E-state index contributed by atoms with van der Waals surface area (Å²) in [6.45, 7) is 2.60. The summed E-state index contributed by atoms with van der Waals surface area (Å²) in [7, 11) is 0. The minimum Gasteiger partial charge on any atom is -0.494 e. The molecule has 1 N–H and O–H groups in total. The molecular formula is C18H19NO3. The molecule has 0 saturated carbocycles. The van der Waals surface area contributed by atoms with Gasteiger partial charge in [-0.2, -0.15) is 0 Å². The lowest BCUT2D eigenvalue weighted by atomic mass is 10.2. The lowest BCUT2D eigenvalue weighted by Gasteiger charge is -2.19. The van der Waals surface area contributed by atoms with Gasteiger partial charge in [0.05, 0.1) is 12.2 Å². The van der Waals surface area contributed by atoms with E-state index in [4.69, 9.17) is 9.84 Å². The van der Waals surface area contributed by atoms with Crippen molar-refractivity contribution in [2.45, 2.75) is 12.8 Å². The zero-order valence-corrected chi connectivity index (χ0v) is 12.4. The van der Waals surface area contributed by atoms with E-state index >= 15 is 0 Å². The SMILES string of the molecule is O=C(O)c1cccc(OCCCN2CCc3ccccc32)c1. The van der Waals surface area contributed by atoms with E-state index in [1.54, 1.807) is 24.3 Å². The van der Waals surface area contributed by atoms with Gasteiger partial charge in [-0.1, -0.05) is 24.3 Å². The third-order valence-electron chi connectivity index (χ3n) is 3.91. The van der Waals surface area contributed by atoms with Crippen molar-refractivity contribution in [1.82, 2.24) is 0 Å². The van der Waals surface area contributed by atoms with E-state index in [9.17, 15) is 4.79 Å². The number of hydrogen-bond donors (Lipinski definition) is 1. The fourth-order valence-electron chi connectivity index (χ4n) is 2.80. The molecule has 0 aromatic heterocycles. The zero-order chi connectivity index (χ0) is 15.4. The first kappa shape index (κ1) is 14.4. The number of carboxylic acid groups (broad SMARTS) is 1. The Morgan fingerprint density at radius 1 is 1.18 bits per heavy atom. The number of carboxylic acids is 1. The third-order valence-corrected chi connectivity index (χ3v) is 3.91. The molecule has 1 heterocycles. The summed E-state index contributed by atoms with van der Waals surface area (Å²) in [6.07, 6.45) is 2.02. The molecule has 1 aliphatic rings. The Morgan fingerprint density at radius 3 is 2.91 bits per heavy atom. The van der Waals surface area contributed by atoms with Gasteiger partial charge in [-0.15, -0.1) is 0 Å². The number of ether oxygens (including phenoxy) is 1. The van der Waals surface area contributed by atoms with Crippen molar-refractivity contribution >= 4 is 11.7 Å². The summed E-state index contributed by atoms with van der Waals surface area (Å²) in [5, 5.41) is 8.96. The maximum atomic E-state index is 10.9. The number of fused-ring (bicyclic) bond motifs is 1. The predicted octanol–water partition coefficient (Wildman–Crippen LogP) is 3.22. The number of nitrogens with zero attached hydrogens (tertiary/aromatic N) is 1. The fraction of sp³-hybridized carbons (Fsp3) is 0.278. The monoisotopic (exact) mass is 297 g/mol. The van der Waals surface area contributed by atoms with Crippen LogP contribution in [0, 0.1) is 0 Å². The van der Waals surface area contributed by atoms with Crippen LogP contribution in [0.25, 0.3) is 0 Å². The third kappa shape index (κ3) is 3.22. The first-order valence-corrected chi connectivity index (χ1v) is 7.53. The summed E-state index contributed by atoms with van der Waals surface area (Å²) >= 11 is 0. The topological polar surface area (TPSA) is 49.8 Å². The Hall–Kier alpha value is -2.49. The summed E-state index contributed by atoms with van der Waals surface area (Å²) in [4.78, 5) is 13.3. The van der Waals surface area contributed by atoms with Crippen LogP contribution in [0.4, 0.5) is 5.69 Å². The second-order valence-corrected chi connectivity index (χ2v) is 5.40. The Kier molecular flexibility index (Phi) is 4.28. The molecule has 22 heavy (non-hydrogen) atoms. The molecular weight excluding hydrogens is 278 g/mol. The van der Waals surface area contributed by atoms with Crippen LogP contribution in [0.2, 0.25) is 0 Å². The molecule has 0 radical (unpaired) electrons. The van der Waals surface area contributed by atoms with Gasteiger partial charge in [0.1, 0.15) is 5.75 Å². The molecule has 114 valence electrons. The van der Waals surface area contributed by atoms with Gasteiger partial charge in [0.2, 0.25) is 0 Å². The van der Waals surface area contributed by atoms with Crippen molar-refractivity contribution < 1.29 is 14.6 Å². The molecule has 0 atom stereocenters. The van der Waals surface area contributed by atoms with E-state index in [2.05, 4.69) is 29.2 Å². The van der Waals surface area contributed by atoms with E-state index in [0.717, 1.165) is 25.9 Å². The number of hydrogen-bond acceptors (Lipinski definition) is 3. The lowest BCUT2D eigenvalue weighted by molar-refractivity contribution is 0.0696. The number of anilines is 1. The Balaban J connectivity index is 1.49. The quantitative estimate of drug-likeness (QED) is 0.832. The largest absolute Gasteiger partial charge is 0.494 e. The van der Waals surface area contributed by atoms with Gasteiger partial charge in [-0.3, -0.25) is 0 Å². The highest BCUT2D eigenvalue weighted by molar-refractivity contribution is 5.87. The second kappa shape index (κ2) is 6.52. The molecule has 2 aromatic carbocycles. The molecule has 0 spiro atoms. The van der Waals surface area contributed by atoms with E-state index in [0.29, 0.717) is 12.4 Å². The van der Waals surface area contributed by atoms with Gasteiger partial charge in [0.15, 0.2) is 0 Å². The normalized spacial score (nSPS) is 13.0.